The molecule has 2 fully saturated rings. The van der Waals surface area contributed by atoms with Gasteiger partial charge in [-0.1, -0.05) is 59.1 Å². The third-order valence-electron chi connectivity index (χ3n) is 5.55. The first-order chi connectivity index (χ1) is 14.4. The number of nitrogens with zero attached hydrogens (tertiary/aromatic N) is 1. The number of carbonyl (C=O) groups excluding carboxylic acids is 2. The first-order valence-corrected chi connectivity index (χ1v) is 10.5. The second kappa shape index (κ2) is 8.42. The number of Topliss-reactive ketones (excluding diaryl/α,β-unsaturated/α-hetero) is 1. The number of aliphatic hydroxyl groups excluding tert-OH is 1. The molecule has 0 radical (unpaired) electrons. The van der Waals surface area contributed by atoms with Crippen molar-refractivity contribution >= 4 is 40.7 Å². The Hall–Kier alpha value is -2.34. The van der Waals surface area contributed by atoms with Crippen molar-refractivity contribution in [3.8, 4) is 0 Å². The van der Waals surface area contributed by atoms with Crippen molar-refractivity contribution in [2.75, 3.05) is 13.2 Å². The molecule has 2 heterocycles. The van der Waals surface area contributed by atoms with Gasteiger partial charge in [0.15, 0.2) is 0 Å². The smallest absolute Gasteiger partial charge is 0.295 e. The number of aryl methyl sites for hydroxylation is 1. The fourth-order valence-electron chi connectivity index (χ4n) is 3.99. The maximum Gasteiger partial charge on any atom is 0.295 e. The average molecular weight is 446 g/mol. The van der Waals surface area contributed by atoms with Gasteiger partial charge in [-0.2, -0.15) is 0 Å². The van der Waals surface area contributed by atoms with Crippen LogP contribution < -0.4 is 0 Å². The molecule has 30 heavy (non-hydrogen) atoms. The molecule has 7 heteroatoms. The SMILES string of the molecule is Cc1ccc(C(O)=C2C(=O)C(=O)N(CC3CCCO3)C2c2ccc(Cl)cc2Cl)cc1. The molecule has 4 rings (SSSR count). The van der Waals surface area contributed by atoms with Gasteiger partial charge in [-0.3, -0.25) is 9.59 Å². The molecule has 2 aromatic rings. The quantitative estimate of drug-likeness (QED) is 0.412. The molecule has 2 aromatic carbocycles. The summed E-state index contributed by atoms with van der Waals surface area (Å²) in [6.45, 7) is 2.81. The van der Waals surface area contributed by atoms with Gasteiger partial charge in [0.1, 0.15) is 5.76 Å². The lowest BCUT2D eigenvalue weighted by Crippen LogP contribution is -2.36. The molecule has 2 saturated heterocycles. The standard InChI is InChI=1S/C23H21Cl2NO4/c1-13-4-6-14(7-5-13)21(27)19-20(17-9-8-15(24)11-18(17)25)26(23(29)22(19)28)12-16-3-2-10-30-16/h4-9,11,16,20,27H,2-3,10,12H2,1H3. The highest BCUT2D eigenvalue weighted by atomic mass is 35.5. The monoisotopic (exact) mass is 445 g/mol. The van der Waals surface area contributed by atoms with Crippen molar-refractivity contribution in [1.82, 2.24) is 4.90 Å². The van der Waals surface area contributed by atoms with E-state index in [-0.39, 0.29) is 24.0 Å². The first-order valence-electron chi connectivity index (χ1n) is 9.79. The van der Waals surface area contributed by atoms with Crippen LogP contribution in [0.3, 0.4) is 0 Å². The van der Waals surface area contributed by atoms with E-state index in [0.717, 1.165) is 18.4 Å². The van der Waals surface area contributed by atoms with E-state index in [1.54, 1.807) is 30.3 Å². The van der Waals surface area contributed by atoms with E-state index in [1.807, 2.05) is 19.1 Å². The predicted octanol–water partition coefficient (Wildman–Crippen LogP) is 4.90. The van der Waals surface area contributed by atoms with Gasteiger partial charge in [0.05, 0.1) is 17.7 Å². The molecular weight excluding hydrogens is 425 g/mol. The second-order valence-electron chi connectivity index (χ2n) is 7.62. The number of likely N-dealkylation sites (tertiary alicyclic amines) is 1. The van der Waals surface area contributed by atoms with Crippen molar-refractivity contribution in [3.63, 3.8) is 0 Å². The average Bonchev–Trinajstić information content (AvgIpc) is 3.31. The van der Waals surface area contributed by atoms with Crippen molar-refractivity contribution < 1.29 is 19.4 Å². The van der Waals surface area contributed by atoms with Gasteiger partial charge in [0.2, 0.25) is 0 Å². The fraction of sp³-hybridized carbons (Fsp3) is 0.304. The van der Waals surface area contributed by atoms with Gasteiger partial charge in [-0.05, 0) is 37.5 Å². The van der Waals surface area contributed by atoms with Crippen LogP contribution in [0.4, 0.5) is 0 Å². The van der Waals surface area contributed by atoms with E-state index in [4.69, 9.17) is 27.9 Å². The fourth-order valence-corrected chi connectivity index (χ4v) is 4.50. The number of rotatable bonds is 4. The Kier molecular flexibility index (Phi) is 5.87. The van der Waals surface area contributed by atoms with Crippen LogP contribution in [-0.4, -0.2) is 41.0 Å². The van der Waals surface area contributed by atoms with Crippen LogP contribution in [0.1, 0.15) is 35.6 Å². The zero-order valence-electron chi connectivity index (χ0n) is 16.4. The summed E-state index contributed by atoms with van der Waals surface area (Å²) in [5, 5.41) is 11.8. The molecule has 1 N–H and O–H groups in total. The molecular formula is C23H21Cl2NO4. The lowest BCUT2D eigenvalue weighted by molar-refractivity contribution is -0.140. The molecule has 5 nitrogen and oxygen atoms in total. The molecule has 2 atom stereocenters. The van der Waals surface area contributed by atoms with Gasteiger partial charge in [-0.25, -0.2) is 0 Å². The van der Waals surface area contributed by atoms with Gasteiger partial charge in [0.25, 0.3) is 11.7 Å². The Morgan fingerprint density at radius 3 is 2.53 bits per heavy atom. The summed E-state index contributed by atoms with van der Waals surface area (Å²) in [4.78, 5) is 27.4. The molecule has 2 unspecified atom stereocenters. The largest absolute Gasteiger partial charge is 0.507 e. The summed E-state index contributed by atoms with van der Waals surface area (Å²) in [7, 11) is 0. The maximum atomic E-state index is 13.0. The lowest BCUT2D eigenvalue weighted by atomic mass is 9.95. The molecule has 1 amide bonds. The van der Waals surface area contributed by atoms with Crippen molar-refractivity contribution in [2.45, 2.75) is 31.9 Å². The van der Waals surface area contributed by atoms with Crippen molar-refractivity contribution in [3.05, 3.63) is 74.8 Å². The van der Waals surface area contributed by atoms with Crippen LogP contribution in [0.2, 0.25) is 10.0 Å². The summed E-state index contributed by atoms with van der Waals surface area (Å²) in [5.74, 6) is -1.63. The molecule has 0 spiro atoms. The minimum absolute atomic E-state index is 0.0195. The normalized spacial score (nSPS) is 23.4. The highest BCUT2D eigenvalue weighted by Crippen LogP contribution is 2.42. The first kappa shape index (κ1) is 20.9. The Morgan fingerprint density at radius 2 is 1.90 bits per heavy atom. The number of amides is 1. The van der Waals surface area contributed by atoms with Crippen LogP contribution in [0.5, 0.6) is 0 Å². The zero-order chi connectivity index (χ0) is 21.4. The van der Waals surface area contributed by atoms with Crippen LogP contribution >= 0.6 is 23.2 Å². The number of aliphatic hydroxyl groups is 1. The highest BCUT2D eigenvalue weighted by Gasteiger charge is 2.47. The van der Waals surface area contributed by atoms with Gasteiger partial charge >= 0.3 is 0 Å². The van der Waals surface area contributed by atoms with E-state index in [0.29, 0.717) is 27.8 Å². The second-order valence-corrected chi connectivity index (χ2v) is 8.46. The Labute approximate surface area is 184 Å². The number of halogens is 2. The third-order valence-corrected chi connectivity index (χ3v) is 6.11. The minimum atomic E-state index is -0.819. The summed E-state index contributed by atoms with van der Waals surface area (Å²) in [6, 6.07) is 11.2. The van der Waals surface area contributed by atoms with Crippen molar-refractivity contribution in [1.29, 1.82) is 0 Å². The van der Waals surface area contributed by atoms with Gasteiger partial charge < -0.3 is 14.7 Å². The Balaban J connectivity index is 1.85. The minimum Gasteiger partial charge on any atom is -0.507 e. The van der Waals surface area contributed by atoms with E-state index < -0.39 is 17.7 Å². The van der Waals surface area contributed by atoms with Gasteiger partial charge in [-0.15, -0.1) is 0 Å². The van der Waals surface area contributed by atoms with Crippen molar-refractivity contribution in [2.24, 2.45) is 0 Å². The van der Waals surface area contributed by atoms with E-state index >= 15 is 0 Å². The summed E-state index contributed by atoms with van der Waals surface area (Å²) in [6.07, 6.45) is 1.56. The van der Waals surface area contributed by atoms with Crippen LogP contribution in [0.15, 0.2) is 48.0 Å². The van der Waals surface area contributed by atoms with Crippen LogP contribution in [-0.2, 0) is 14.3 Å². The number of ketones is 1. The number of carbonyl (C=O) groups is 2. The number of hydrogen-bond donors (Lipinski definition) is 1. The summed E-state index contributed by atoms with van der Waals surface area (Å²) < 4.78 is 5.69. The number of benzene rings is 2. The number of ether oxygens (including phenoxy) is 1. The maximum absolute atomic E-state index is 13.0. The van der Waals surface area contributed by atoms with Crippen LogP contribution in [0, 0.1) is 6.92 Å². The van der Waals surface area contributed by atoms with E-state index in [9.17, 15) is 14.7 Å². The zero-order valence-corrected chi connectivity index (χ0v) is 17.9. The summed E-state index contributed by atoms with van der Waals surface area (Å²) in [5.41, 5.74) is 2.03. The highest BCUT2D eigenvalue weighted by molar-refractivity contribution is 6.47. The molecule has 2 aliphatic rings. The van der Waals surface area contributed by atoms with Crippen LogP contribution in [0.25, 0.3) is 5.76 Å². The van der Waals surface area contributed by atoms with Gasteiger partial charge in [0, 0.05) is 28.8 Å². The predicted molar refractivity (Wildman–Crippen MR) is 116 cm³/mol. The number of hydrogen-bond acceptors (Lipinski definition) is 4. The molecule has 156 valence electrons. The summed E-state index contributed by atoms with van der Waals surface area (Å²) >= 11 is 12.5. The molecule has 0 aliphatic carbocycles. The third kappa shape index (κ3) is 3.85. The molecule has 0 aromatic heterocycles. The Morgan fingerprint density at radius 1 is 1.17 bits per heavy atom. The van der Waals surface area contributed by atoms with E-state index in [2.05, 4.69) is 0 Å². The molecule has 0 saturated carbocycles. The molecule has 2 aliphatic heterocycles. The van der Waals surface area contributed by atoms with E-state index in [1.165, 1.54) is 4.90 Å². The lowest BCUT2D eigenvalue weighted by Gasteiger charge is -2.28. The topological polar surface area (TPSA) is 66.8 Å². The Bertz CT molecular complexity index is 1030. The molecule has 0 bridgehead atoms.